The lowest BCUT2D eigenvalue weighted by Crippen LogP contribution is -2.26. The van der Waals surface area contributed by atoms with Crippen LogP contribution in [0.2, 0.25) is 10.0 Å². The van der Waals surface area contributed by atoms with Gasteiger partial charge in [-0.2, -0.15) is 4.98 Å². The molecule has 0 unspecified atom stereocenters. The van der Waals surface area contributed by atoms with E-state index < -0.39 is 16.5 Å². The molecular weight excluding hydrogens is 323 g/mol. The van der Waals surface area contributed by atoms with Crippen molar-refractivity contribution < 1.29 is 14.2 Å². The summed E-state index contributed by atoms with van der Waals surface area (Å²) >= 11 is 11.5. The Morgan fingerprint density at radius 3 is 2.81 bits per heavy atom. The highest BCUT2D eigenvalue weighted by molar-refractivity contribution is 6.43. The predicted octanol–water partition coefficient (Wildman–Crippen LogP) is 2.26. The van der Waals surface area contributed by atoms with Crippen molar-refractivity contribution in [1.29, 1.82) is 0 Å². The van der Waals surface area contributed by atoms with Crippen LogP contribution in [-0.4, -0.2) is 27.5 Å². The fraction of sp³-hybridized carbons (Fsp3) is 0.182. The number of hydrogen-bond acceptors (Lipinski definition) is 6. The molecule has 8 nitrogen and oxygen atoms in total. The van der Waals surface area contributed by atoms with Crippen molar-refractivity contribution in [3.05, 3.63) is 50.1 Å². The van der Waals surface area contributed by atoms with Gasteiger partial charge in [-0.25, -0.2) is 0 Å². The molecule has 0 aliphatic carbocycles. The molecule has 1 heterocycles. The van der Waals surface area contributed by atoms with Gasteiger partial charge in [0.1, 0.15) is 5.02 Å². The molecule has 0 aliphatic heterocycles. The molecule has 1 amide bonds. The fourth-order valence-corrected chi connectivity index (χ4v) is 1.92. The van der Waals surface area contributed by atoms with E-state index in [1.165, 1.54) is 12.5 Å². The molecular formula is C11H8Cl2N4O4. The van der Waals surface area contributed by atoms with E-state index in [4.69, 9.17) is 23.2 Å². The Morgan fingerprint density at radius 2 is 2.19 bits per heavy atom. The van der Waals surface area contributed by atoms with Crippen molar-refractivity contribution in [1.82, 2.24) is 15.5 Å². The van der Waals surface area contributed by atoms with Gasteiger partial charge < -0.3 is 9.84 Å². The van der Waals surface area contributed by atoms with Crippen LogP contribution in [0.3, 0.4) is 0 Å². The molecule has 110 valence electrons. The summed E-state index contributed by atoms with van der Waals surface area (Å²) in [5.74, 6) is -0.0735. The molecule has 2 aromatic rings. The largest absolute Gasteiger partial charge is 0.352 e. The standard InChI is InChI=1S/C11H8Cl2N4O4/c12-7-3-6(4-8(10(7)13)17(19)20)11(18)14-2-1-9-15-5-21-16-9/h3-5H,1-2H2,(H,14,18). The van der Waals surface area contributed by atoms with Crippen LogP contribution in [0.25, 0.3) is 0 Å². The quantitative estimate of drug-likeness (QED) is 0.664. The number of amides is 1. The van der Waals surface area contributed by atoms with Crippen LogP contribution in [-0.2, 0) is 6.42 Å². The minimum Gasteiger partial charge on any atom is -0.352 e. The summed E-state index contributed by atoms with van der Waals surface area (Å²) in [5.41, 5.74) is -0.378. The summed E-state index contributed by atoms with van der Waals surface area (Å²) < 4.78 is 4.55. The number of aromatic nitrogens is 2. The lowest BCUT2D eigenvalue weighted by molar-refractivity contribution is -0.384. The topological polar surface area (TPSA) is 111 Å². The number of halogens is 2. The third kappa shape index (κ3) is 3.67. The van der Waals surface area contributed by atoms with Crippen LogP contribution in [0.1, 0.15) is 16.2 Å². The second-order valence-electron chi connectivity index (χ2n) is 3.90. The molecule has 1 N–H and O–H groups in total. The van der Waals surface area contributed by atoms with Crippen LogP contribution < -0.4 is 5.32 Å². The Balaban J connectivity index is 2.07. The first-order chi connectivity index (χ1) is 9.99. The summed E-state index contributed by atoms with van der Waals surface area (Å²) in [6.07, 6.45) is 1.55. The van der Waals surface area contributed by atoms with E-state index in [1.807, 2.05) is 0 Å². The van der Waals surface area contributed by atoms with Gasteiger partial charge in [0.05, 0.1) is 9.95 Å². The third-order valence-electron chi connectivity index (χ3n) is 2.51. The van der Waals surface area contributed by atoms with E-state index in [0.29, 0.717) is 12.2 Å². The van der Waals surface area contributed by atoms with Crippen LogP contribution in [0.4, 0.5) is 5.69 Å². The molecule has 0 atom stereocenters. The first kappa shape index (κ1) is 15.2. The molecule has 0 bridgehead atoms. The fourth-order valence-electron chi connectivity index (χ4n) is 1.53. The number of rotatable bonds is 5. The van der Waals surface area contributed by atoms with Crippen molar-refractivity contribution in [2.24, 2.45) is 0 Å². The number of nitrogens with one attached hydrogen (secondary N) is 1. The average Bonchev–Trinajstić information content (AvgIpc) is 2.94. The first-order valence-corrected chi connectivity index (χ1v) is 6.41. The van der Waals surface area contributed by atoms with E-state index in [-0.39, 0.29) is 22.2 Å². The molecule has 21 heavy (non-hydrogen) atoms. The Labute approximate surface area is 128 Å². The van der Waals surface area contributed by atoms with Crippen molar-refractivity contribution >= 4 is 34.8 Å². The summed E-state index contributed by atoms with van der Waals surface area (Å²) in [4.78, 5) is 25.8. The molecule has 0 radical (unpaired) electrons. The zero-order valence-corrected chi connectivity index (χ0v) is 11.9. The highest BCUT2D eigenvalue weighted by Crippen LogP contribution is 2.32. The van der Waals surface area contributed by atoms with E-state index in [0.717, 1.165) is 6.07 Å². The Kier molecular flexibility index (Phi) is 4.71. The number of nitro benzene ring substituents is 1. The van der Waals surface area contributed by atoms with Crippen LogP contribution >= 0.6 is 23.2 Å². The van der Waals surface area contributed by atoms with E-state index in [1.54, 1.807) is 0 Å². The summed E-state index contributed by atoms with van der Waals surface area (Å²) in [5, 5.41) is 16.7. The lowest BCUT2D eigenvalue weighted by Gasteiger charge is -2.05. The molecule has 0 aliphatic rings. The zero-order chi connectivity index (χ0) is 15.4. The number of carbonyl (C=O) groups excluding carboxylic acids is 1. The molecule has 10 heteroatoms. The number of nitro groups is 1. The Morgan fingerprint density at radius 1 is 1.43 bits per heavy atom. The first-order valence-electron chi connectivity index (χ1n) is 5.66. The maximum atomic E-state index is 11.9. The Bertz CT molecular complexity index is 675. The number of hydrogen-bond donors (Lipinski definition) is 1. The second-order valence-corrected chi connectivity index (χ2v) is 4.69. The van der Waals surface area contributed by atoms with Gasteiger partial charge in [0.2, 0.25) is 6.39 Å². The predicted molar refractivity (Wildman–Crippen MR) is 73.5 cm³/mol. The van der Waals surface area contributed by atoms with Crippen molar-refractivity contribution in [2.45, 2.75) is 6.42 Å². The number of carbonyl (C=O) groups is 1. The molecule has 0 saturated heterocycles. The second kappa shape index (κ2) is 6.51. The molecule has 1 aromatic carbocycles. The van der Waals surface area contributed by atoms with Crippen LogP contribution in [0.5, 0.6) is 0 Å². The zero-order valence-electron chi connectivity index (χ0n) is 10.4. The summed E-state index contributed by atoms with van der Waals surface area (Å²) in [7, 11) is 0. The highest BCUT2D eigenvalue weighted by atomic mass is 35.5. The van der Waals surface area contributed by atoms with Gasteiger partial charge >= 0.3 is 0 Å². The van der Waals surface area contributed by atoms with Gasteiger partial charge in [0, 0.05) is 24.6 Å². The smallest absolute Gasteiger partial charge is 0.290 e. The number of benzene rings is 1. The van der Waals surface area contributed by atoms with Gasteiger partial charge in [0.25, 0.3) is 11.6 Å². The van der Waals surface area contributed by atoms with Gasteiger partial charge in [-0.3, -0.25) is 14.9 Å². The molecule has 2 rings (SSSR count). The Hall–Kier alpha value is -2.19. The SMILES string of the molecule is O=C(NCCc1ncon1)c1cc(Cl)c(Cl)c([N+](=O)[O-])c1. The monoisotopic (exact) mass is 330 g/mol. The number of nitrogens with zero attached hydrogens (tertiary/aromatic N) is 3. The van der Waals surface area contributed by atoms with Crippen molar-refractivity contribution in [2.75, 3.05) is 6.54 Å². The van der Waals surface area contributed by atoms with Crippen LogP contribution in [0, 0.1) is 10.1 Å². The van der Waals surface area contributed by atoms with Crippen molar-refractivity contribution in [3.8, 4) is 0 Å². The average molecular weight is 331 g/mol. The van der Waals surface area contributed by atoms with E-state index >= 15 is 0 Å². The maximum Gasteiger partial charge on any atom is 0.290 e. The molecule has 1 aromatic heterocycles. The van der Waals surface area contributed by atoms with Gasteiger partial charge in [-0.15, -0.1) is 0 Å². The highest BCUT2D eigenvalue weighted by Gasteiger charge is 2.20. The summed E-state index contributed by atoms with van der Waals surface area (Å²) in [6, 6.07) is 2.33. The minimum atomic E-state index is -0.704. The van der Waals surface area contributed by atoms with Crippen molar-refractivity contribution in [3.63, 3.8) is 0 Å². The summed E-state index contributed by atoms with van der Waals surface area (Å²) in [6.45, 7) is 0.242. The molecule has 0 spiro atoms. The maximum absolute atomic E-state index is 11.9. The lowest BCUT2D eigenvalue weighted by atomic mass is 10.2. The minimum absolute atomic E-state index is 0.0456. The molecule has 0 fully saturated rings. The van der Waals surface area contributed by atoms with Gasteiger partial charge in [-0.1, -0.05) is 28.4 Å². The molecule has 0 saturated carbocycles. The van der Waals surface area contributed by atoms with Gasteiger partial charge in [-0.05, 0) is 6.07 Å². The van der Waals surface area contributed by atoms with E-state index in [2.05, 4.69) is 20.0 Å². The van der Waals surface area contributed by atoms with Crippen LogP contribution in [0.15, 0.2) is 23.0 Å². The normalized spacial score (nSPS) is 10.4. The van der Waals surface area contributed by atoms with E-state index in [9.17, 15) is 14.9 Å². The van der Waals surface area contributed by atoms with Gasteiger partial charge in [0.15, 0.2) is 5.82 Å². The third-order valence-corrected chi connectivity index (χ3v) is 3.30.